The first-order valence-corrected chi connectivity index (χ1v) is 26.7. The average Bonchev–Trinajstić information content (AvgIpc) is 4.00. The molecule has 0 saturated heterocycles. The molecular weight excluding hydrogens is 1390 g/mol. The second kappa shape index (κ2) is 29.1. The molecule has 6 aromatic carbocycles. The van der Waals surface area contributed by atoms with Crippen molar-refractivity contribution in [3.05, 3.63) is 209 Å². The third kappa shape index (κ3) is 14.6. The average molecular weight is 1460 g/mol. The van der Waals surface area contributed by atoms with Gasteiger partial charge >= 0.3 is 0 Å². The van der Waals surface area contributed by atoms with Gasteiger partial charge in [0.15, 0.2) is 0 Å². The van der Waals surface area contributed by atoms with Gasteiger partial charge in [0.1, 0.15) is 31.1 Å². The van der Waals surface area contributed by atoms with Crippen LogP contribution in [0.5, 0.6) is 0 Å². The Balaban J connectivity index is 0.000000268. The molecule has 10 nitrogen and oxygen atoms in total. The van der Waals surface area contributed by atoms with Crippen LogP contribution in [0.3, 0.4) is 0 Å². The molecule has 4 N–H and O–H groups in total. The molecule has 0 fully saturated rings. The minimum atomic E-state index is 0. The Bertz CT molecular complexity index is 3120. The van der Waals surface area contributed by atoms with Gasteiger partial charge in [0.2, 0.25) is 0 Å². The Labute approximate surface area is 501 Å². The van der Waals surface area contributed by atoms with Gasteiger partial charge in [0, 0.05) is 76.4 Å². The molecule has 0 amide bonds. The number of rotatable bonds is 11. The molecule has 0 unspecified atom stereocenters. The summed E-state index contributed by atoms with van der Waals surface area (Å²) in [6, 6.07) is 48.7. The van der Waals surface area contributed by atoms with Crippen molar-refractivity contribution in [1.29, 1.82) is 0 Å². The maximum absolute atomic E-state index is 6.25. The molecule has 4 radical (unpaired) electrons. The van der Waals surface area contributed by atoms with Crippen LogP contribution in [-0.2, 0) is 40.2 Å². The van der Waals surface area contributed by atoms with Crippen LogP contribution in [0.4, 0.5) is 46.0 Å². The number of hydrogen-bond acceptors (Lipinski definition) is 8. The van der Waals surface area contributed by atoms with E-state index in [9.17, 15) is 0 Å². The second-order valence-corrected chi connectivity index (χ2v) is 21.7. The van der Waals surface area contributed by atoms with Gasteiger partial charge in [0.25, 0.3) is 0 Å². The fourth-order valence-corrected chi connectivity index (χ4v) is 9.65. The predicted molar refractivity (Wildman–Crippen MR) is 321 cm³/mol. The van der Waals surface area contributed by atoms with Crippen molar-refractivity contribution in [3.63, 3.8) is 0 Å². The van der Waals surface area contributed by atoms with Gasteiger partial charge in [0.05, 0.1) is 0 Å². The van der Waals surface area contributed by atoms with E-state index < -0.39 is 0 Å². The summed E-state index contributed by atoms with van der Waals surface area (Å²) in [6.45, 7) is 31.1. The van der Waals surface area contributed by atoms with Crippen LogP contribution in [-0.4, -0.2) is 38.7 Å². The van der Waals surface area contributed by atoms with E-state index in [1.54, 1.807) is 24.8 Å². The number of aromatic nitrogens is 4. The van der Waals surface area contributed by atoms with Crippen molar-refractivity contribution in [3.8, 4) is 11.1 Å². The minimum absolute atomic E-state index is 0. The molecule has 8 aromatic rings. The standard InChI is InChI=1S/C32H34N4.C17H11BrN4.C15H23B.2Ir.2H2O/c1-21(2)25-18-28(22(3)4)30(29(19-25)23(5)6)24-11-10-14-27(17-24)36-20-35(26-12-8-7-9-13-26)31-32(36)34-16-15-33-31;18-13-5-4-8-15(11-13)22-12-21(14-6-2-1-3-7-14)16-17(22)20-10-9-19-16;1-9(2)12-7-13(10(3)4)15(16)14(8-12)11(5)6;;;;/h7-13,15-23H,1-6H3;1-7,9-12H;7-11H,1-6H3;;;2*1H2/q2*-2;;;;;. The van der Waals surface area contributed by atoms with Crippen molar-refractivity contribution in [1.82, 2.24) is 19.9 Å². The van der Waals surface area contributed by atoms with Crippen LogP contribution in [0, 0.1) is 25.5 Å². The van der Waals surface area contributed by atoms with Gasteiger partial charge in [-0.25, -0.2) is 19.9 Å². The van der Waals surface area contributed by atoms with Crippen LogP contribution < -0.4 is 25.1 Å². The number of benzene rings is 6. The molecule has 4 heterocycles. The van der Waals surface area contributed by atoms with E-state index in [-0.39, 0.29) is 51.2 Å². The number of nitrogens with zero attached hydrogens (tertiary/aromatic N) is 8. The molecule has 0 aliphatic carbocycles. The van der Waals surface area contributed by atoms with Crippen molar-refractivity contribution < 1.29 is 51.2 Å². The summed E-state index contributed by atoms with van der Waals surface area (Å²) in [6.07, 6.45) is 6.89. The summed E-state index contributed by atoms with van der Waals surface area (Å²) in [5.41, 5.74) is 15.7. The monoisotopic (exact) mass is 1460 g/mol. The Kier molecular flexibility index (Phi) is 24.2. The molecule has 412 valence electrons. The molecule has 0 atom stereocenters. The minimum Gasteiger partial charge on any atom is -0.477 e. The van der Waals surface area contributed by atoms with E-state index in [0.717, 1.165) is 56.0 Å². The summed E-state index contributed by atoms with van der Waals surface area (Å²) >= 11 is 3.50. The molecule has 14 heteroatoms. The molecule has 0 spiro atoms. The first-order chi connectivity index (χ1) is 35.5. The van der Waals surface area contributed by atoms with Gasteiger partial charge in [-0.05, 0) is 87.6 Å². The number of halogens is 1. The normalized spacial score (nSPS) is 12.3. The molecule has 0 saturated carbocycles. The zero-order valence-electron chi connectivity index (χ0n) is 46.7. The smallest absolute Gasteiger partial charge is 0.145 e. The third-order valence-electron chi connectivity index (χ3n) is 13.4. The largest absolute Gasteiger partial charge is 0.477 e. The van der Waals surface area contributed by atoms with Crippen molar-refractivity contribution in [2.24, 2.45) is 0 Å². The molecular formula is C64H72BBrIr2N8O2-4. The van der Waals surface area contributed by atoms with Crippen LogP contribution in [0.1, 0.15) is 152 Å². The predicted octanol–water partition coefficient (Wildman–Crippen LogP) is 15.4. The fraction of sp³-hybridized carbons (Fsp3) is 0.281. The van der Waals surface area contributed by atoms with Gasteiger partial charge in [-0.2, -0.15) is 36.4 Å². The van der Waals surface area contributed by atoms with Crippen molar-refractivity contribution in [2.45, 2.75) is 119 Å². The zero-order chi connectivity index (χ0) is 52.8. The van der Waals surface area contributed by atoms with Crippen LogP contribution in [0.15, 0.2) is 151 Å². The molecule has 2 aliphatic rings. The van der Waals surface area contributed by atoms with Crippen molar-refractivity contribution >= 4 is 75.3 Å². The van der Waals surface area contributed by atoms with E-state index in [2.05, 4.69) is 196 Å². The van der Waals surface area contributed by atoms with Crippen LogP contribution in [0.25, 0.3) is 11.1 Å². The Morgan fingerprint density at radius 3 is 1.14 bits per heavy atom. The molecule has 2 aliphatic heterocycles. The van der Waals surface area contributed by atoms with E-state index in [1.807, 2.05) is 89.3 Å². The zero-order valence-corrected chi connectivity index (χ0v) is 53.1. The van der Waals surface area contributed by atoms with Gasteiger partial charge < -0.3 is 30.6 Å². The van der Waals surface area contributed by atoms with Crippen LogP contribution >= 0.6 is 15.9 Å². The van der Waals surface area contributed by atoms with Gasteiger partial charge in [-0.15, -0.1) is 42.4 Å². The summed E-state index contributed by atoms with van der Waals surface area (Å²) in [7, 11) is 6.25. The van der Waals surface area contributed by atoms with Crippen molar-refractivity contribution in [2.75, 3.05) is 19.6 Å². The Morgan fingerprint density at radius 2 is 0.782 bits per heavy atom. The number of hydrogen-bond donors (Lipinski definition) is 0. The first kappa shape index (κ1) is 65.0. The summed E-state index contributed by atoms with van der Waals surface area (Å²) < 4.78 is 0.998. The quantitative estimate of drug-likeness (QED) is 0.0925. The van der Waals surface area contributed by atoms with E-state index >= 15 is 0 Å². The number of para-hydroxylation sites is 2. The Morgan fingerprint density at radius 1 is 0.436 bits per heavy atom. The van der Waals surface area contributed by atoms with Gasteiger partial charge in [-0.3, -0.25) is 0 Å². The third-order valence-corrected chi connectivity index (χ3v) is 13.9. The van der Waals surface area contributed by atoms with E-state index in [4.69, 9.17) is 7.85 Å². The topological polar surface area (TPSA) is 128 Å². The maximum atomic E-state index is 6.25. The molecule has 2 aromatic heterocycles. The molecule has 78 heavy (non-hydrogen) atoms. The number of fused-ring (bicyclic) bond motifs is 2. The summed E-state index contributed by atoms with van der Waals surface area (Å²) in [5.74, 6) is 6.11. The van der Waals surface area contributed by atoms with Crippen LogP contribution in [0.2, 0.25) is 0 Å². The van der Waals surface area contributed by atoms with E-state index in [0.29, 0.717) is 35.5 Å². The summed E-state index contributed by atoms with van der Waals surface area (Å²) in [4.78, 5) is 26.5. The number of anilines is 8. The summed E-state index contributed by atoms with van der Waals surface area (Å²) in [5, 5.41) is 0. The fourth-order valence-electron chi connectivity index (χ4n) is 9.30. The molecule has 0 bridgehead atoms. The van der Waals surface area contributed by atoms with E-state index in [1.165, 1.54) is 44.5 Å². The molecule has 10 rings (SSSR count). The maximum Gasteiger partial charge on any atom is 0.145 e. The second-order valence-electron chi connectivity index (χ2n) is 20.8. The van der Waals surface area contributed by atoms with Gasteiger partial charge in [-0.1, -0.05) is 181 Å². The SMILES string of the molecule is Brc1cc[c-]c(N2[CH-]N(c3ccccc3)c3nccnc32)c1.CC(C)c1cc(C(C)C)c(-c2cc[c-]c(N3[CH-]N(c4ccccc4)c4nccnc43)c2)c(C(C)C)c1.O.O.[B]c1c(C(C)C)cc(C(C)C)cc1C(C)C.[Ir].[Ir]. The Hall–Kier alpha value is -5.56. The first-order valence-electron chi connectivity index (χ1n) is 25.9.